The minimum absolute atomic E-state index is 0.0783. The summed E-state index contributed by atoms with van der Waals surface area (Å²) < 4.78 is 13.5. The van der Waals surface area contributed by atoms with Crippen molar-refractivity contribution in [1.29, 1.82) is 0 Å². The number of carboxylic acids is 1. The fourth-order valence-corrected chi connectivity index (χ4v) is 2.00. The van der Waals surface area contributed by atoms with Crippen LogP contribution in [0.2, 0.25) is 0 Å². The van der Waals surface area contributed by atoms with Crippen LogP contribution in [0.3, 0.4) is 0 Å². The number of aliphatic carboxylic acids is 1. The Labute approximate surface area is 119 Å². The first-order chi connectivity index (χ1) is 8.86. The molecule has 0 fully saturated rings. The molecule has 0 bridgehead atoms. The number of rotatable bonds is 5. The zero-order chi connectivity index (χ0) is 14.6. The lowest BCUT2D eigenvalue weighted by atomic mass is 9.99. The van der Waals surface area contributed by atoms with Crippen molar-refractivity contribution >= 4 is 27.8 Å². The number of hydrogen-bond donors (Lipinski definition) is 2. The molecular formula is C13H15BrFNO3. The van der Waals surface area contributed by atoms with Crippen LogP contribution in [0.1, 0.15) is 30.6 Å². The van der Waals surface area contributed by atoms with Gasteiger partial charge in [-0.05, 0) is 40.0 Å². The molecule has 6 heteroatoms. The van der Waals surface area contributed by atoms with Gasteiger partial charge in [-0.15, -0.1) is 0 Å². The van der Waals surface area contributed by atoms with Crippen molar-refractivity contribution in [3.63, 3.8) is 0 Å². The van der Waals surface area contributed by atoms with Crippen LogP contribution >= 0.6 is 15.9 Å². The van der Waals surface area contributed by atoms with Gasteiger partial charge in [0, 0.05) is 4.47 Å². The molecule has 19 heavy (non-hydrogen) atoms. The second-order valence-corrected chi connectivity index (χ2v) is 5.15. The number of benzene rings is 1. The lowest BCUT2D eigenvalue weighted by Gasteiger charge is -2.20. The van der Waals surface area contributed by atoms with Gasteiger partial charge in [0.2, 0.25) is 0 Å². The lowest BCUT2D eigenvalue weighted by molar-refractivity contribution is -0.140. The molecule has 1 rings (SSSR count). The third-order valence-electron chi connectivity index (χ3n) is 2.94. The van der Waals surface area contributed by atoms with E-state index >= 15 is 0 Å². The molecule has 104 valence electrons. The van der Waals surface area contributed by atoms with E-state index in [0.29, 0.717) is 10.9 Å². The topological polar surface area (TPSA) is 66.4 Å². The monoisotopic (exact) mass is 331 g/mol. The molecule has 2 N–H and O–H groups in total. The molecule has 2 atom stereocenters. The van der Waals surface area contributed by atoms with E-state index in [-0.39, 0.29) is 11.5 Å². The molecule has 2 unspecified atom stereocenters. The van der Waals surface area contributed by atoms with E-state index in [1.165, 1.54) is 12.1 Å². The Morgan fingerprint density at radius 2 is 2.11 bits per heavy atom. The van der Waals surface area contributed by atoms with Gasteiger partial charge in [0.1, 0.15) is 11.9 Å². The third kappa shape index (κ3) is 4.02. The Balaban J connectivity index is 2.94. The second-order valence-electron chi connectivity index (χ2n) is 4.30. The smallest absolute Gasteiger partial charge is 0.326 e. The van der Waals surface area contributed by atoms with E-state index in [9.17, 15) is 14.0 Å². The molecule has 1 amide bonds. The van der Waals surface area contributed by atoms with E-state index < -0.39 is 23.7 Å². The first-order valence-corrected chi connectivity index (χ1v) is 6.64. The van der Waals surface area contributed by atoms with Crippen molar-refractivity contribution in [1.82, 2.24) is 5.32 Å². The molecule has 0 saturated heterocycles. The van der Waals surface area contributed by atoms with Gasteiger partial charge >= 0.3 is 5.97 Å². The van der Waals surface area contributed by atoms with Crippen LogP contribution in [-0.2, 0) is 4.79 Å². The second kappa shape index (κ2) is 6.65. The van der Waals surface area contributed by atoms with E-state index in [0.717, 1.165) is 6.07 Å². The molecule has 0 aliphatic heterocycles. The Morgan fingerprint density at radius 1 is 1.47 bits per heavy atom. The molecule has 0 aromatic heterocycles. The first kappa shape index (κ1) is 15.6. The highest BCUT2D eigenvalue weighted by Gasteiger charge is 2.26. The first-order valence-electron chi connectivity index (χ1n) is 5.85. The van der Waals surface area contributed by atoms with Gasteiger partial charge in [-0.3, -0.25) is 4.79 Å². The molecule has 1 aromatic rings. The van der Waals surface area contributed by atoms with Gasteiger partial charge in [0.05, 0.1) is 5.56 Å². The largest absolute Gasteiger partial charge is 0.480 e. The number of nitrogens with one attached hydrogen (secondary N) is 1. The van der Waals surface area contributed by atoms with Crippen LogP contribution in [0.5, 0.6) is 0 Å². The summed E-state index contributed by atoms with van der Waals surface area (Å²) in [6.07, 6.45) is 0.613. The quantitative estimate of drug-likeness (QED) is 0.871. The van der Waals surface area contributed by atoms with E-state index in [1.54, 1.807) is 6.92 Å². The number of hydrogen-bond acceptors (Lipinski definition) is 2. The van der Waals surface area contributed by atoms with Crippen LogP contribution < -0.4 is 5.32 Å². The van der Waals surface area contributed by atoms with Gasteiger partial charge in [-0.25, -0.2) is 9.18 Å². The Morgan fingerprint density at radius 3 is 2.63 bits per heavy atom. The van der Waals surface area contributed by atoms with Crippen LogP contribution in [0.25, 0.3) is 0 Å². The van der Waals surface area contributed by atoms with Crippen molar-refractivity contribution in [2.24, 2.45) is 5.92 Å². The Hall–Kier alpha value is -1.43. The summed E-state index contributed by atoms with van der Waals surface area (Å²) >= 11 is 3.14. The molecule has 0 heterocycles. The number of halogens is 2. The minimum Gasteiger partial charge on any atom is -0.480 e. The Bertz CT molecular complexity index is 493. The molecule has 0 spiro atoms. The molecular weight excluding hydrogens is 317 g/mol. The summed E-state index contributed by atoms with van der Waals surface area (Å²) in [6.45, 7) is 3.57. The van der Waals surface area contributed by atoms with E-state index in [2.05, 4.69) is 21.2 Å². The predicted octanol–water partition coefficient (Wildman–Crippen LogP) is 2.82. The highest BCUT2D eigenvalue weighted by molar-refractivity contribution is 9.10. The standard InChI is InChI=1S/C13H15BrFNO3/c1-3-7(2)11(13(18)19)16-12(17)9-6-8(15)4-5-10(9)14/h4-7,11H,3H2,1-2H3,(H,16,17)(H,18,19). The third-order valence-corrected chi connectivity index (χ3v) is 3.63. The van der Waals surface area contributed by atoms with Gasteiger partial charge in [-0.1, -0.05) is 20.3 Å². The summed E-state index contributed by atoms with van der Waals surface area (Å²) in [5, 5.41) is 11.5. The van der Waals surface area contributed by atoms with Gasteiger partial charge < -0.3 is 10.4 Å². The fraction of sp³-hybridized carbons (Fsp3) is 0.385. The maximum absolute atomic E-state index is 13.1. The summed E-state index contributed by atoms with van der Waals surface area (Å²) in [6, 6.07) is 2.69. The maximum Gasteiger partial charge on any atom is 0.326 e. The van der Waals surface area contributed by atoms with Crippen molar-refractivity contribution in [3.8, 4) is 0 Å². The SMILES string of the molecule is CCC(C)C(NC(=O)c1cc(F)ccc1Br)C(=O)O. The van der Waals surface area contributed by atoms with Gasteiger partial charge in [0.25, 0.3) is 5.91 Å². The van der Waals surface area contributed by atoms with Crippen LogP contribution in [0, 0.1) is 11.7 Å². The van der Waals surface area contributed by atoms with Gasteiger partial charge in [0.15, 0.2) is 0 Å². The minimum atomic E-state index is -1.10. The molecule has 0 saturated carbocycles. The number of carbonyl (C=O) groups is 2. The van der Waals surface area contributed by atoms with Crippen molar-refractivity contribution in [3.05, 3.63) is 34.1 Å². The van der Waals surface area contributed by atoms with E-state index in [4.69, 9.17) is 5.11 Å². The molecule has 1 aromatic carbocycles. The molecule has 4 nitrogen and oxygen atoms in total. The highest BCUT2D eigenvalue weighted by atomic mass is 79.9. The number of amides is 1. The summed E-state index contributed by atoms with van der Waals surface area (Å²) in [4.78, 5) is 23.1. The van der Waals surface area contributed by atoms with Crippen LogP contribution in [0.15, 0.2) is 22.7 Å². The zero-order valence-corrected chi connectivity index (χ0v) is 12.2. The summed E-state index contributed by atoms with van der Waals surface area (Å²) in [7, 11) is 0. The van der Waals surface area contributed by atoms with Crippen molar-refractivity contribution in [2.75, 3.05) is 0 Å². The predicted molar refractivity (Wildman–Crippen MR) is 72.4 cm³/mol. The molecule has 0 aliphatic carbocycles. The average molecular weight is 332 g/mol. The van der Waals surface area contributed by atoms with Crippen LogP contribution in [0.4, 0.5) is 4.39 Å². The summed E-state index contributed by atoms with van der Waals surface area (Å²) in [5.41, 5.74) is 0.0783. The maximum atomic E-state index is 13.1. The lowest BCUT2D eigenvalue weighted by Crippen LogP contribution is -2.45. The van der Waals surface area contributed by atoms with Crippen molar-refractivity contribution in [2.45, 2.75) is 26.3 Å². The number of carbonyl (C=O) groups excluding carboxylic acids is 1. The molecule has 0 aliphatic rings. The summed E-state index contributed by atoms with van der Waals surface area (Å²) in [5.74, 6) is -2.48. The van der Waals surface area contributed by atoms with Crippen molar-refractivity contribution < 1.29 is 19.1 Å². The molecule has 0 radical (unpaired) electrons. The average Bonchev–Trinajstić information content (AvgIpc) is 2.37. The fourth-order valence-electron chi connectivity index (χ4n) is 1.57. The van der Waals surface area contributed by atoms with Gasteiger partial charge in [-0.2, -0.15) is 0 Å². The van der Waals surface area contributed by atoms with Crippen LogP contribution in [-0.4, -0.2) is 23.0 Å². The number of carboxylic acid groups (broad SMARTS) is 1. The van der Waals surface area contributed by atoms with E-state index in [1.807, 2.05) is 6.92 Å². The normalized spacial score (nSPS) is 13.7. The highest BCUT2D eigenvalue weighted by Crippen LogP contribution is 2.18. The Kier molecular flexibility index (Phi) is 5.47. The zero-order valence-electron chi connectivity index (χ0n) is 10.6.